The number of hydrogen-bond acceptors (Lipinski definition) is 6. The summed E-state index contributed by atoms with van der Waals surface area (Å²) in [7, 11) is -3.56. The zero-order valence-corrected chi connectivity index (χ0v) is 19.0. The molecule has 0 heterocycles. The molecular formula is C22H19ClN4O5S. The molecule has 3 rings (SSSR count). The van der Waals surface area contributed by atoms with Gasteiger partial charge in [0.15, 0.2) is 0 Å². The van der Waals surface area contributed by atoms with Crippen LogP contribution in [0.4, 0.5) is 11.4 Å². The van der Waals surface area contributed by atoms with Crippen molar-refractivity contribution >= 4 is 45.1 Å². The largest absolute Gasteiger partial charge is 0.271 e. The van der Waals surface area contributed by atoms with Gasteiger partial charge < -0.3 is 0 Å². The Balaban J connectivity index is 1.72. The summed E-state index contributed by atoms with van der Waals surface area (Å²) < 4.78 is 25.8. The molecule has 0 bridgehead atoms. The zero-order chi connectivity index (χ0) is 24.0. The highest BCUT2D eigenvalue weighted by molar-refractivity contribution is 7.92. The molecule has 0 fully saturated rings. The van der Waals surface area contributed by atoms with E-state index in [1.54, 1.807) is 0 Å². The van der Waals surface area contributed by atoms with Crippen LogP contribution in [-0.2, 0) is 16.6 Å². The maximum absolute atomic E-state index is 12.4. The first-order valence-corrected chi connectivity index (χ1v) is 11.8. The number of rotatable bonds is 8. The predicted molar refractivity (Wildman–Crippen MR) is 127 cm³/mol. The Bertz CT molecular complexity index is 1300. The van der Waals surface area contributed by atoms with Crippen molar-refractivity contribution < 1.29 is 18.1 Å². The highest BCUT2D eigenvalue weighted by atomic mass is 35.5. The summed E-state index contributed by atoms with van der Waals surface area (Å²) in [6.45, 7) is 0.152. The van der Waals surface area contributed by atoms with Gasteiger partial charge in [0, 0.05) is 28.3 Å². The standard InChI is InChI=1S/C22H19ClN4O5S/c1-33(31,32)26(15-16-5-3-2-4-6-16)19-9-7-17(8-10-19)22(28)25-24-14-18-13-20(27(29)30)11-12-21(18)23/h2-14H,15H2,1H3,(H,25,28)/b24-14-. The van der Waals surface area contributed by atoms with Crippen LogP contribution in [0.1, 0.15) is 21.5 Å². The highest BCUT2D eigenvalue weighted by Crippen LogP contribution is 2.22. The number of nitrogens with one attached hydrogen (secondary N) is 1. The molecule has 0 radical (unpaired) electrons. The molecule has 0 aromatic heterocycles. The van der Waals surface area contributed by atoms with E-state index < -0.39 is 20.9 Å². The molecule has 0 saturated heterocycles. The Labute approximate surface area is 195 Å². The molecule has 0 saturated carbocycles. The van der Waals surface area contributed by atoms with Crippen molar-refractivity contribution in [1.82, 2.24) is 5.43 Å². The fourth-order valence-electron chi connectivity index (χ4n) is 2.90. The minimum Gasteiger partial charge on any atom is -0.267 e. The van der Waals surface area contributed by atoms with E-state index in [1.807, 2.05) is 30.3 Å². The van der Waals surface area contributed by atoms with E-state index in [1.165, 1.54) is 53.0 Å². The van der Waals surface area contributed by atoms with Gasteiger partial charge >= 0.3 is 0 Å². The van der Waals surface area contributed by atoms with Gasteiger partial charge in [-0.1, -0.05) is 41.9 Å². The Morgan fingerprint density at radius 3 is 2.39 bits per heavy atom. The van der Waals surface area contributed by atoms with E-state index in [4.69, 9.17) is 11.6 Å². The summed E-state index contributed by atoms with van der Waals surface area (Å²) >= 11 is 5.99. The SMILES string of the molecule is CS(=O)(=O)N(Cc1ccccc1)c1ccc(C(=O)N/N=C\c2cc([N+](=O)[O-])ccc2Cl)cc1. The van der Waals surface area contributed by atoms with Gasteiger partial charge in [-0.3, -0.25) is 19.2 Å². The zero-order valence-electron chi connectivity index (χ0n) is 17.4. The van der Waals surface area contributed by atoms with Crippen LogP contribution in [0.25, 0.3) is 0 Å². The second-order valence-electron chi connectivity index (χ2n) is 6.96. The maximum Gasteiger partial charge on any atom is 0.271 e. The Morgan fingerprint density at radius 1 is 1.12 bits per heavy atom. The van der Waals surface area contributed by atoms with Gasteiger partial charge in [0.05, 0.1) is 29.6 Å². The Kier molecular flexibility index (Phi) is 7.41. The summed E-state index contributed by atoms with van der Waals surface area (Å²) in [5, 5.41) is 14.9. The fourth-order valence-corrected chi connectivity index (χ4v) is 3.95. The minimum absolute atomic E-state index is 0.152. The van der Waals surface area contributed by atoms with Crippen molar-refractivity contribution in [3.63, 3.8) is 0 Å². The Hall–Kier alpha value is -3.76. The second kappa shape index (κ2) is 10.2. The van der Waals surface area contributed by atoms with E-state index in [0.29, 0.717) is 5.69 Å². The average Bonchev–Trinajstić information content (AvgIpc) is 2.78. The van der Waals surface area contributed by atoms with Crippen LogP contribution >= 0.6 is 11.6 Å². The van der Waals surface area contributed by atoms with Crippen LogP contribution in [0.2, 0.25) is 5.02 Å². The van der Waals surface area contributed by atoms with Crippen molar-refractivity contribution in [2.24, 2.45) is 5.10 Å². The molecule has 3 aromatic carbocycles. The number of sulfonamides is 1. The lowest BCUT2D eigenvalue weighted by atomic mass is 10.2. The molecule has 9 nitrogen and oxygen atoms in total. The molecule has 0 aliphatic heterocycles. The van der Waals surface area contributed by atoms with E-state index in [9.17, 15) is 23.3 Å². The van der Waals surface area contributed by atoms with Crippen LogP contribution in [-0.4, -0.2) is 31.7 Å². The molecule has 0 spiro atoms. The highest BCUT2D eigenvalue weighted by Gasteiger charge is 2.18. The van der Waals surface area contributed by atoms with Crippen LogP contribution in [0.15, 0.2) is 77.9 Å². The molecule has 1 N–H and O–H groups in total. The summed E-state index contributed by atoms with van der Waals surface area (Å²) in [5.41, 5.74) is 3.89. The first-order valence-electron chi connectivity index (χ1n) is 9.54. The number of nitro groups is 1. The lowest BCUT2D eigenvalue weighted by molar-refractivity contribution is -0.384. The van der Waals surface area contributed by atoms with Crippen molar-refractivity contribution in [3.05, 3.63) is 105 Å². The number of anilines is 1. The van der Waals surface area contributed by atoms with Crippen LogP contribution in [0.5, 0.6) is 0 Å². The molecule has 170 valence electrons. The van der Waals surface area contributed by atoms with Gasteiger partial charge in [0.25, 0.3) is 11.6 Å². The molecule has 3 aromatic rings. The number of nitrogens with zero attached hydrogens (tertiary/aromatic N) is 3. The number of benzene rings is 3. The number of nitro benzene ring substituents is 1. The fraction of sp³-hybridized carbons (Fsp3) is 0.0909. The van der Waals surface area contributed by atoms with Crippen molar-refractivity contribution in [2.75, 3.05) is 10.6 Å². The normalized spacial score (nSPS) is 11.3. The van der Waals surface area contributed by atoms with Gasteiger partial charge in [0.2, 0.25) is 10.0 Å². The maximum atomic E-state index is 12.4. The first-order chi connectivity index (χ1) is 15.6. The van der Waals surface area contributed by atoms with E-state index in [2.05, 4.69) is 10.5 Å². The summed E-state index contributed by atoms with van der Waals surface area (Å²) in [6.07, 6.45) is 2.32. The van der Waals surface area contributed by atoms with Crippen molar-refractivity contribution in [2.45, 2.75) is 6.54 Å². The predicted octanol–water partition coefficient (Wildman–Crippen LogP) is 3.98. The van der Waals surface area contributed by atoms with Crippen LogP contribution in [0, 0.1) is 10.1 Å². The average molecular weight is 487 g/mol. The third-order valence-electron chi connectivity index (χ3n) is 4.55. The number of hydrogen-bond donors (Lipinski definition) is 1. The first kappa shape index (κ1) is 23.9. The smallest absolute Gasteiger partial charge is 0.267 e. The van der Waals surface area contributed by atoms with Gasteiger partial charge in [-0.05, 0) is 35.9 Å². The summed E-state index contributed by atoms with van der Waals surface area (Å²) in [6, 6.07) is 19.0. The van der Waals surface area contributed by atoms with E-state index in [0.717, 1.165) is 11.8 Å². The van der Waals surface area contributed by atoms with Gasteiger partial charge in [0.1, 0.15) is 0 Å². The summed E-state index contributed by atoms with van der Waals surface area (Å²) in [5.74, 6) is -0.548. The number of carbonyl (C=O) groups excluding carboxylic acids is 1. The molecule has 11 heteroatoms. The minimum atomic E-state index is -3.56. The number of amides is 1. The van der Waals surface area contributed by atoms with Crippen LogP contribution < -0.4 is 9.73 Å². The quantitative estimate of drug-likeness (QED) is 0.293. The monoisotopic (exact) mass is 486 g/mol. The number of non-ortho nitro benzene ring substituents is 1. The van der Waals surface area contributed by atoms with Gasteiger partial charge in [-0.2, -0.15) is 5.10 Å². The second-order valence-corrected chi connectivity index (χ2v) is 9.28. The molecule has 1 amide bonds. The van der Waals surface area contributed by atoms with Crippen LogP contribution in [0.3, 0.4) is 0 Å². The number of halogens is 1. The lowest BCUT2D eigenvalue weighted by Crippen LogP contribution is -2.29. The molecule has 0 aliphatic carbocycles. The molecule has 0 aliphatic rings. The topological polar surface area (TPSA) is 122 Å². The van der Waals surface area contributed by atoms with E-state index >= 15 is 0 Å². The number of hydrazone groups is 1. The third kappa shape index (κ3) is 6.37. The number of carbonyl (C=O) groups is 1. The van der Waals surface area contributed by atoms with Gasteiger partial charge in [-0.25, -0.2) is 13.8 Å². The van der Waals surface area contributed by atoms with Crippen molar-refractivity contribution in [3.8, 4) is 0 Å². The summed E-state index contributed by atoms with van der Waals surface area (Å²) in [4.78, 5) is 22.7. The molecule has 33 heavy (non-hydrogen) atoms. The lowest BCUT2D eigenvalue weighted by Gasteiger charge is -2.22. The Morgan fingerprint density at radius 2 is 1.79 bits per heavy atom. The van der Waals surface area contributed by atoms with Crippen molar-refractivity contribution in [1.29, 1.82) is 0 Å². The molecular weight excluding hydrogens is 468 g/mol. The third-order valence-corrected chi connectivity index (χ3v) is 6.03. The van der Waals surface area contributed by atoms with E-state index in [-0.39, 0.29) is 28.4 Å². The molecule has 0 unspecified atom stereocenters. The van der Waals surface area contributed by atoms with Gasteiger partial charge in [-0.15, -0.1) is 0 Å². The molecule has 0 atom stereocenters.